The van der Waals surface area contributed by atoms with Crippen molar-refractivity contribution in [3.8, 4) is 5.75 Å². The molecule has 2 aromatic rings. The number of carbonyl (C=O) groups excluding carboxylic acids is 2. The van der Waals surface area contributed by atoms with Crippen molar-refractivity contribution < 1.29 is 14.3 Å². The number of anilines is 1. The van der Waals surface area contributed by atoms with Crippen LogP contribution in [0.3, 0.4) is 0 Å². The number of hydrogen-bond acceptors (Lipinski definition) is 3. The number of esters is 1. The first-order valence-electron chi connectivity index (χ1n) is 6.57. The van der Waals surface area contributed by atoms with E-state index in [1.807, 2.05) is 30.3 Å². The molecule has 4 heteroatoms. The predicted molar refractivity (Wildman–Crippen MR) is 77.0 cm³/mol. The van der Waals surface area contributed by atoms with Gasteiger partial charge in [-0.1, -0.05) is 24.3 Å². The highest BCUT2D eigenvalue weighted by atomic mass is 16.5. The molecule has 1 amide bonds. The zero-order valence-electron chi connectivity index (χ0n) is 11.5. The zero-order valence-corrected chi connectivity index (χ0v) is 11.5. The average Bonchev–Trinajstić information content (AvgIpc) is 2.42. The molecule has 4 nitrogen and oxygen atoms in total. The number of fused-ring (bicyclic) bond motifs is 3. The molecule has 0 aliphatic carbocycles. The molecule has 102 valence electrons. The lowest BCUT2D eigenvalue weighted by molar-refractivity contribution is -0.131. The first-order valence-corrected chi connectivity index (χ1v) is 6.57. The monoisotopic (exact) mass is 269 g/mol. The Kier molecular flexibility index (Phi) is 2.93. The van der Waals surface area contributed by atoms with Crippen LogP contribution in [0.25, 0.3) is 10.8 Å². The van der Waals surface area contributed by atoms with Crippen molar-refractivity contribution in [1.82, 2.24) is 0 Å². The van der Waals surface area contributed by atoms with E-state index in [-0.39, 0.29) is 11.9 Å². The van der Waals surface area contributed by atoms with Crippen molar-refractivity contribution >= 4 is 28.3 Å². The minimum atomic E-state index is -0.338. The van der Waals surface area contributed by atoms with E-state index in [2.05, 4.69) is 0 Å². The van der Waals surface area contributed by atoms with Crippen molar-refractivity contribution in [2.24, 2.45) is 0 Å². The minimum absolute atomic E-state index is 0.114. The normalized spacial score (nSPS) is 14.3. The van der Waals surface area contributed by atoms with Gasteiger partial charge in [0, 0.05) is 31.2 Å². The Morgan fingerprint density at radius 3 is 2.60 bits per heavy atom. The quantitative estimate of drug-likeness (QED) is 0.590. The van der Waals surface area contributed by atoms with Crippen LogP contribution >= 0.6 is 0 Å². The van der Waals surface area contributed by atoms with Gasteiger partial charge in [0.2, 0.25) is 5.91 Å². The van der Waals surface area contributed by atoms with Crippen LogP contribution in [0, 0.1) is 0 Å². The molecule has 2 aromatic carbocycles. The number of benzene rings is 2. The van der Waals surface area contributed by atoms with Crippen molar-refractivity contribution in [3.63, 3.8) is 0 Å². The molecule has 1 aliphatic rings. The molecule has 0 N–H and O–H groups in total. The van der Waals surface area contributed by atoms with Crippen LogP contribution in [0.4, 0.5) is 5.69 Å². The lowest BCUT2D eigenvalue weighted by Crippen LogP contribution is -2.31. The van der Waals surface area contributed by atoms with Crippen LogP contribution in [0.5, 0.6) is 5.75 Å². The number of aryl methyl sites for hydroxylation is 1. The molecule has 0 saturated carbocycles. The van der Waals surface area contributed by atoms with Crippen molar-refractivity contribution in [2.75, 3.05) is 11.9 Å². The molecule has 0 spiro atoms. The summed E-state index contributed by atoms with van der Waals surface area (Å²) in [5, 5.41) is 1.79. The van der Waals surface area contributed by atoms with Gasteiger partial charge in [-0.3, -0.25) is 9.59 Å². The molecule has 0 saturated heterocycles. The van der Waals surface area contributed by atoms with Crippen molar-refractivity contribution in [1.29, 1.82) is 0 Å². The predicted octanol–water partition coefficient (Wildman–Crippen LogP) is 2.67. The van der Waals surface area contributed by atoms with E-state index in [4.69, 9.17) is 4.74 Å². The summed E-state index contributed by atoms with van der Waals surface area (Å²) in [4.78, 5) is 24.9. The Morgan fingerprint density at radius 1 is 1.20 bits per heavy atom. The van der Waals surface area contributed by atoms with Gasteiger partial charge in [0.1, 0.15) is 5.75 Å². The number of amides is 1. The van der Waals surface area contributed by atoms with Gasteiger partial charge in [0.25, 0.3) is 0 Å². The molecular weight excluding hydrogens is 254 g/mol. The SMILES string of the molecule is CC(=O)Oc1cc2c(c3ccccc13)N(C)C(=O)CC2. The topological polar surface area (TPSA) is 46.6 Å². The summed E-state index contributed by atoms with van der Waals surface area (Å²) in [5.41, 5.74) is 1.97. The van der Waals surface area contributed by atoms with Gasteiger partial charge in [0.05, 0.1) is 5.69 Å². The maximum absolute atomic E-state index is 11.9. The third-order valence-electron chi connectivity index (χ3n) is 3.63. The van der Waals surface area contributed by atoms with Crippen LogP contribution < -0.4 is 9.64 Å². The molecular formula is C16H15NO3. The summed E-state index contributed by atoms with van der Waals surface area (Å²) < 4.78 is 5.31. The summed E-state index contributed by atoms with van der Waals surface area (Å²) >= 11 is 0. The molecule has 0 atom stereocenters. The third-order valence-corrected chi connectivity index (χ3v) is 3.63. The van der Waals surface area contributed by atoms with Crippen molar-refractivity contribution in [2.45, 2.75) is 19.8 Å². The van der Waals surface area contributed by atoms with Crippen molar-refractivity contribution in [3.05, 3.63) is 35.9 Å². The van der Waals surface area contributed by atoms with Gasteiger partial charge < -0.3 is 9.64 Å². The Bertz CT molecular complexity index is 721. The highest BCUT2D eigenvalue weighted by Gasteiger charge is 2.24. The Morgan fingerprint density at radius 2 is 1.90 bits per heavy atom. The van der Waals surface area contributed by atoms with Gasteiger partial charge in [0.15, 0.2) is 0 Å². The summed E-state index contributed by atoms with van der Waals surface area (Å²) in [6, 6.07) is 9.55. The second kappa shape index (κ2) is 4.63. The van der Waals surface area contributed by atoms with Crippen LogP contribution in [0.1, 0.15) is 18.9 Å². The van der Waals surface area contributed by atoms with E-state index in [0.717, 1.165) is 22.0 Å². The summed E-state index contributed by atoms with van der Waals surface area (Å²) in [5.74, 6) is 0.341. The van der Waals surface area contributed by atoms with Gasteiger partial charge in [-0.2, -0.15) is 0 Å². The first-order chi connectivity index (χ1) is 9.58. The second-order valence-electron chi connectivity index (χ2n) is 4.97. The maximum Gasteiger partial charge on any atom is 0.308 e. The summed E-state index contributed by atoms with van der Waals surface area (Å²) in [7, 11) is 1.79. The largest absolute Gasteiger partial charge is 0.426 e. The third kappa shape index (κ3) is 1.93. The Labute approximate surface area is 116 Å². The number of rotatable bonds is 1. The highest BCUT2D eigenvalue weighted by molar-refractivity contribution is 6.08. The van der Waals surface area contributed by atoms with E-state index < -0.39 is 0 Å². The molecule has 0 bridgehead atoms. The Hall–Kier alpha value is -2.36. The summed E-state index contributed by atoms with van der Waals surface area (Å²) in [6.07, 6.45) is 1.17. The van der Waals surface area contributed by atoms with Crippen LogP contribution in [0.2, 0.25) is 0 Å². The molecule has 0 fully saturated rings. The fraction of sp³-hybridized carbons (Fsp3) is 0.250. The smallest absolute Gasteiger partial charge is 0.308 e. The van der Waals surface area contributed by atoms with Gasteiger partial charge >= 0.3 is 5.97 Å². The highest BCUT2D eigenvalue weighted by Crippen LogP contribution is 2.39. The molecule has 20 heavy (non-hydrogen) atoms. The standard InChI is InChI=1S/C16H15NO3/c1-10(18)20-14-9-11-7-8-15(19)17(2)16(11)13-6-4-3-5-12(13)14/h3-6,9H,7-8H2,1-2H3. The average molecular weight is 269 g/mol. The fourth-order valence-corrected chi connectivity index (χ4v) is 2.74. The van der Waals surface area contributed by atoms with Gasteiger partial charge in [-0.05, 0) is 18.1 Å². The number of nitrogens with zero attached hydrogens (tertiary/aromatic N) is 1. The zero-order chi connectivity index (χ0) is 14.3. The van der Waals surface area contributed by atoms with E-state index in [1.165, 1.54) is 6.92 Å². The van der Waals surface area contributed by atoms with E-state index in [9.17, 15) is 9.59 Å². The molecule has 1 heterocycles. The summed E-state index contributed by atoms with van der Waals surface area (Å²) in [6.45, 7) is 1.39. The Balaban J connectivity index is 2.30. The second-order valence-corrected chi connectivity index (χ2v) is 4.97. The molecule has 0 aromatic heterocycles. The fourth-order valence-electron chi connectivity index (χ4n) is 2.74. The lowest BCUT2D eigenvalue weighted by Gasteiger charge is -2.28. The van der Waals surface area contributed by atoms with E-state index in [1.54, 1.807) is 11.9 Å². The number of ether oxygens (including phenoxy) is 1. The van der Waals surface area contributed by atoms with Gasteiger partial charge in [-0.15, -0.1) is 0 Å². The van der Waals surface area contributed by atoms with E-state index in [0.29, 0.717) is 18.6 Å². The number of carbonyl (C=O) groups is 2. The van der Waals surface area contributed by atoms with Gasteiger partial charge in [-0.25, -0.2) is 0 Å². The molecule has 3 rings (SSSR count). The minimum Gasteiger partial charge on any atom is -0.426 e. The number of hydrogen-bond donors (Lipinski definition) is 0. The van der Waals surface area contributed by atoms with Crippen LogP contribution in [0.15, 0.2) is 30.3 Å². The molecule has 0 unspecified atom stereocenters. The van der Waals surface area contributed by atoms with Crippen LogP contribution in [-0.4, -0.2) is 18.9 Å². The van der Waals surface area contributed by atoms with E-state index >= 15 is 0 Å². The lowest BCUT2D eigenvalue weighted by atomic mass is 9.95. The molecule has 0 radical (unpaired) electrons. The maximum atomic E-state index is 11.9. The van der Waals surface area contributed by atoms with Crippen LogP contribution in [-0.2, 0) is 16.0 Å². The molecule has 1 aliphatic heterocycles. The first kappa shape index (κ1) is 12.7.